The molecule has 2 aromatic rings. The van der Waals surface area contributed by atoms with E-state index in [2.05, 4.69) is 26.2 Å². The molecule has 0 spiro atoms. The molecular formula is C25H34N2O3. The van der Waals surface area contributed by atoms with Crippen LogP contribution in [0.3, 0.4) is 0 Å². The molecule has 162 valence electrons. The van der Waals surface area contributed by atoms with Gasteiger partial charge in [0.15, 0.2) is 0 Å². The first kappa shape index (κ1) is 23.5. The lowest BCUT2D eigenvalue weighted by atomic mass is 9.84. The fourth-order valence-electron chi connectivity index (χ4n) is 3.94. The molecule has 5 heteroatoms. The average molecular weight is 411 g/mol. The van der Waals surface area contributed by atoms with Crippen LogP contribution in [-0.4, -0.2) is 30.0 Å². The molecular weight excluding hydrogens is 376 g/mol. The third-order valence-corrected chi connectivity index (χ3v) is 5.36. The molecule has 0 saturated heterocycles. The van der Waals surface area contributed by atoms with E-state index in [1.807, 2.05) is 52.0 Å². The lowest BCUT2D eigenvalue weighted by molar-refractivity contribution is 0.0284. The quantitative estimate of drug-likeness (QED) is 0.687. The maximum absolute atomic E-state index is 13.6. The molecule has 1 N–H and O–H groups in total. The Hall–Kier alpha value is -2.82. The summed E-state index contributed by atoms with van der Waals surface area (Å²) in [5, 5.41) is 1.51. The highest BCUT2D eigenvalue weighted by Crippen LogP contribution is 2.28. The van der Waals surface area contributed by atoms with Gasteiger partial charge in [0.25, 0.3) is 11.8 Å². The summed E-state index contributed by atoms with van der Waals surface area (Å²) < 4.78 is 5.35. The van der Waals surface area contributed by atoms with Gasteiger partial charge in [-0.15, -0.1) is 0 Å². The predicted molar refractivity (Wildman–Crippen MR) is 121 cm³/mol. The standard InChI is InChI=1S/C25H34N2O3/c1-9-22(25(5,6)7)27(24(29)19-14-16(2)13-17(3)15-19)26-23(28)20-11-10-12-21(30-8)18(20)4/h10-15,22H,9H2,1-8H3,(H,26,28)/t22-/m0/s1. The number of rotatable bonds is 5. The van der Waals surface area contributed by atoms with Crippen LogP contribution in [0.4, 0.5) is 0 Å². The van der Waals surface area contributed by atoms with Crippen molar-refractivity contribution in [3.8, 4) is 5.75 Å². The molecule has 0 aromatic heterocycles. The van der Waals surface area contributed by atoms with Crippen molar-refractivity contribution in [3.05, 3.63) is 64.2 Å². The number of aryl methyl sites for hydroxylation is 2. The monoisotopic (exact) mass is 410 g/mol. The van der Waals surface area contributed by atoms with Gasteiger partial charge < -0.3 is 4.74 Å². The number of hydrogen-bond acceptors (Lipinski definition) is 3. The van der Waals surface area contributed by atoms with Crippen molar-refractivity contribution < 1.29 is 14.3 Å². The molecule has 0 saturated carbocycles. The van der Waals surface area contributed by atoms with Gasteiger partial charge in [0, 0.05) is 16.7 Å². The van der Waals surface area contributed by atoms with Crippen LogP contribution < -0.4 is 10.2 Å². The number of hydrazine groups is 1. The van der Waals surface area contributed by atoms with Gasteiger partial charge in [-0.05, 0) is 56.9 Å². The molecule has 0 aliphatic heterocycles. The van der Waals surface area contributed by atoms with Crippen LogP contribution in [0.2, 0.25) is 0 Å². The summed E-state index contributed by atoms with van der Waals surface area (Å²) in [6.45, 7) is 14.0. The third kappa shape index (κ3) is 5.21. The van der Waals surface area contributed by atoms with E-state index in [9.17, 15) is 9.59 Å². The number of carbonyl (C=O) groups excluding carboxylic acids is 2. The molecule has 2 aromatic carbocycles. The van der Waals surface area contributed by atoms with Gasteiger partial charge in [-0.3, -0.25) is 15.0 Å². The van der Waals surface area contributed by atoms with Crippen molar-refractivity contribution in [1.29, 1.82) is 0 Å². The number of amides is 2. The molecule has 0 heterocycles. The van der Waals surface area contributed by atoms with Crippen molar-refractivity contribution in [3.63, 3.8) is 0 Å². The topological polar surface area (TPSA) is 58.6 Å². The minimum atomic E-state index is -0.327. The first-order chi connectivity index (χ1) is 14.0. The number of nitrogens with zero attached hydrogens (tertiary/aromatic N) is 1. The SMILES string of the molecule is CC[C@H](N(NC(=O)c1cccc(OC)c1C)C(=O)c1cc(C)cc(C)c1)C(C)(C)C. The van der Waals surface area contributed by atoms with E-state index >= 15 is 0 Å². The van der Waals surface area contributed by atoms with Crippen LogP contribution >= 0.6 is 0 Å². The second-order valence-electron chi connectivity index (χ2n) is 8.92. The van der Waals surface area contributed by atoms with Gasteiger partial charge in [0.05, 0.1) is 13.2 Å². The molecule has 1 atom stereocenters. The Morgan fingerprint density at radius 2 is 1.67 bits per heavy atom. The summed E-state index contributed by atoms with van der Waals surface area (Å²) in [5.41, 5.74) is 6.50. The van der Waals surface area contributed by atoms with E-state index in [-0.39, 0.29) is 23.3 Å². The van der Waals surface area contributed by atoms with E-state index in [1.165, 1.54) is 5.01 Å². The van der Waals surface area contributed by atoms with E-state index in [0.29, 0.717) is 23.3 Å². The van der Waals surface area contributed by atoms with Gasteiger partial charge >= 0.3 is 0 Å². The fourth-order valence-corrected chi connectivity index (χ4v) is 3.94. The summed E-state index contributed by atoms with van der Waals surface area (Å²) in [7, 11) is 1.58. The van der Waals surface area contributed by atoms with Crippen molar-refractivity contribution in [2.75, 3.05) is 7.11 Å². The molecule has 30 heavy (non-hydrogen) atoms. The molecule has 0 aliphatic carbocycles. The highest BCUT2D eigenvalue weighted by Gasteiger charge is 2.34. The van der Waals surface area contributed by atoms with Crippen LogP contribution in [0.25, 0.3) is 0 Å². The molecule has 0 bridgehead atoms. The summed E-state index contributed by atoms with van der Waals surface area (Å²) >= 11 is 0. The highest BCUT2D eigenvalue weighted by molar-refractivity contribution is 6.00. The first-order valence-corrected chi connectivity index (χ1v) is 10.4. The lowest BCUT2D eigenvalue weighted by Gasteiger charge is -2.39. The normalized spacial score (nSPS) is 12.3. The summed E-state index contributed by atoms with van der Waals surface area (Å²) in [4.78, 5) is 26.8. The summed E-state index contributed by atoms with van der Waals surface area (Å²) in [6.07, 6.45) is 0.706. The molecule has 0 radical (unpaired) electrons. The fraction of sp³-hybridized carbons (Fsp3) is 0.440. The second kappa shape index (κ2) is 9.33. The molecule has 0 aliphatic rings. The van der Waals surface area contributed by atoms with E-state index < -0.39 is 0 Å². The average Bonchev–Trinajstić information content (AvgIpc) is 2.65. The molecule has 2 rings (SSSR count). The molecule has 2 amide bonds. The Morgan fingerprint density at radius 3 is 2.17 bits per heavy atom. The smallest absolute Gasteiger partial charge is 0.272 e. The van der Waals surface area contributed by atoms with E-state index in [0.717, 1.165) is 16.7 Å². The zero-order chi connectivity index (χ0) is 22.6. The van der Waals surface area contributed by atoms with Crippen LogP contribution in [0, 0.1) is 26.2 Å². The Balaban J connectivity index is 2.49. The highest BCUT2D eigenvalue weighted by atomic mass is 16.5. The number of ether oxygens (including phenoxy) is 1. The Kier molecular flexibility index (Phi) is 7.30. The number of nitrogens with one attached hydrogen (secondary N) is 1. The van der Waals surface area contributed by atoms with E-state index in [1.54, 1.807) is 19.2 Å². The zero-order valence-electron chi connectivity index (χ0n) is 19.4. The predicted octanol–water partition coefficient (Wildman–Crippen LogP) is 5.23. The van der Waals surface area contributed by atoms with Crippen molar-refractivity contribution in [2.45, 2.75) is 60.9 Å². The minimum Gasteiger partial charge on any atom is -0.496 e. The van der Waals surface area contributed by atoms with Gasteiger partial charge in [-0.25, -0.2) is 5.01 Å². The number of carbonyl (C=O) groups is 2. The summed E-state index contributed by atoms with van der Waals surface area (Å²) in [6, 6.07) is 10.9. The van der Waals surface area contributed by atoms with Crippen LogP contribution in [0.1, 0.15) is 71.5 Å². The summed E-state index contributed by atoms with van der Waals surface area (Å²) in [5.74, 6) is 0.0991. The van der Waals surface area contributed by atoms with E-state index in [4.69, 9.17) is 4.74 Å². The van der Waals surface area contributed by atoms with Gasteiger partial charge in [-0.1, -0.05) is 51.0 Å². The van der Waals surface area contributed by atoms with Gasteiger partial charge in [-0.2, -0.15) is 0 Å². The minimum absolute atomic E-state index is 0.180. The second-order valence-corrected chi connectivity index (χ2v) is 8.92. The third-order valence-electron chi connectivity index (χ3n) is 5.36. The number of benzene rings is 2. The molecule has 0 unspecified atom stereocenters. The van der Waals surface area contributed by atoms with Gasteiger partial charge in [0.1, 0.15) is 5.75 Å². The maximum atomic E-state index is 13.6. The maximum Gasteiger partial charge on any atom is 0.272 e. The Morgan fingerprint density at radius 1 is 1.07 bits per heavy atom. The van der Waals surface area contributed by atoms with Crippen molar-refractivity contribution in [1.82, 2.24) is 10.4 Å². The van der Waals surface area contributed by atoms with Gasteiger partial charge in [0.2, 0.25) is 0 Å². The van der Waals surface area contributed by atoms with Crippen LogP contribution in [-0.2, 0) is 0 Å². The van der Waals surface area contributed by atoms with Crippen LogP contribution in [0.15, 0.2) is 36.4 Å². The van der Waals surface area contributed by atoms with Crippen molar-refractivity contribution in [2.24, 2.45) is 5.41 Å². The molecule has 5 nitrogen and oxygen atoms in total. The number of hydrogen-bond donors (Lipinski definition) is 1. The Labute approximate surface area is 180 Å². The largest absolute Gasteiger partial charge is 0.496 e. The van der Waals surface area contributed by atoms with Crippen molar-refractivity contribution >= 4 is 11.8 Å². The number of methoxy groups -OCH3 is 1. The molecule has 0 fully saturated rings. The van der Waals surface area contributed by atoms with Crippen LogP contribution in [0.5, 0.6) is 5.75 Å². The lowest BCUT2D eigenvalue weighted by Crippen LogP contribution is -2.56. The Bertz CT molecular complexity index is 908. The first-order valence-electron chi connectivity index (χ1n) is 10.4. The zero-order valence-corrected chi connectivity index (χ0v) is 19.4.